The summed E-state index contributed by atoms with van der Waals surface area (Å²) in [6, 6.07) is 18.2. The number of benzene rings is 2. The lowest BCUT2D eigenvalue weighted by Crippen LogP contribution is -2.42. The highest BCUT2D eigenvalue weighted by Crippen LogP contribution is 2.29. The van der Waals surface area contributed by atoms with E-state index in [1.54, 1.807) is 11.0 Å². The highest BCUT2D eigenvalue weighted by Gasteiger charge is 2.28. The summed E-state index contributed by atoms with van der Waals surface area (Å²) >= 11 is 5.69. The van der Waals surface area contributed by atoms with Crippen LogP contribution in [-0.4, -0.2) is 50.6 Å². The number of carbonyl (C=O) groups excluding carboxylic acids is 1. The van der Waals surface area contributed by atoms with Gasteiger partial charge in [0.2, 0.25) is 5.91 Å². The molecule has 2 heterocycles. The molecule has 1 atom stereocenters. The molecule has 2 aromatic carbocycles. The van der Waals surface area contributed by atoms with Crippen molar-refractivity contribution in [3.8, 4) is 22.8 Å². The van der Waals surface area contributed by atoms with Crippen LogP contribution >= 0.6 is 11.6 Å². The molecule has 1 N–H and O–H groups in total. The smallest absolute Gasteiger partial charge is 0.354 e. The third kappa shape index (κ3) is 4.72. The van der Waals surface area contributed by atoms with E-state index in [1.165, 1.54) is 4.68 Å². The molecule has 0 radical (unpaired) electrons. The standard InChI is InChI=1S/C23H22ClN3O4/c24-14-22(28)26-12-4-5-17(15-26)27-21(23(29)30)13-20(25-27)16-8-10-19(11-9-16)31-18-6-2-1-3-7-18/h1-3,6-11,13,17H,4-5,12,14-15H2,(H,29,30). The molecular weight excluding hydrogens is 418 g/mol. The van der Waals surface area contributed by atoms with Crippen LogP contribution in [0.1, 0.15) is 29.4 Å². The van der Waals surface area contributed by atoms with Gasteiger partial charge in [0.15, 0.2) is 0 Å². The van der Waals surface area contributed by atoms with Crippen molar-refractivity contribution in [1.82, 2.24) is 14.7 Å². The fourth-order valence-electron chi connectivity index (χ4n) is 3.76. The Balaban J connectivity index is 1.57. The second-order valence-electron chi connectivity index (χ2n) is 7.37. The van der Waals surface area contributed by atoms with Gasteiger partial charge < -0.3 is 14.7 Å². The van der Waals surface area contributed by atoms with E-state index in [2.05, 4.69) is 5.10 Å². The van der Waals surface area contributed by atoms with Crippen molar-refractivity contribution in [2.45, 2.75) is 18.9 Å². The fraction of sp³-hybridized carbons (Fsp3) is 0.261. The van der Waals surface area contributed by atoms with E-state index in [0.717, 1.165) is 24.2 Å². The monoisotopic (exact) mass is 439 g/mol. The molecule has 0 aliphatic carbocycles. The highest BCUT2D eigenvalue weighted by molar-refractivity contribution is 6.27. The summed E-state index contributed by atoms with van der Waals surface area (Å²) in [5, 5.41) is 14.3. The summed E-state index contributed by atoms with van der Waals surface area (Å²) in [5.41, 5.74) is 1.44. The second kappa shape index (κ2) is 9.22. The van der Waals surface area contributed by atoms with Crippen molar-refractivity contribution < 1.29 is 19.4 Å². The summed E-state index contributed by atoms with van der Waals surface area (Å²) in [7, 11) is 0. The van der Waals surface area contributed by atoms with Crippen LogP contribution < -0.4 is 4.74 Å². The zero-order valence-electron chi connectivity index (χ0n) is 16.8. The first kappa shape index (κ1) is 20.9. The van der Waals surface area contributed by atoms with Crippen molar-refractivity contribution >= 4 is 23.5 Å². The molecule has 1 unspecified atom stereocenters. The Labute approximate surface area is 184 Å². The third-order valence-electron chi connectivity index (χ3n) is 5.29. The Morgan fingerprint density at radius 1 is 1.10 bits per heavy atom. The molecule has 0 bridgehead atoms. The maximum absolute atomic E-state index is 12.0. The van der Waals surface area contributed by atoms with Crippen LogP contribution in [0.4, 0.5) is 0 Å². The quantitative estimate of drug-likeness (QED) is 0.574. The van der Waals surface area contributed by atoms with Gasteiger partial charge in [0.05, 0.1) is 11.7 Å². The molecule has 1 fully saturated rings. The molecule has 3 aromatic rings. The largest absolute Gasteiger partial charge is 0.477 e. The molecule has 0 saturated carbocycles. The van der Waals surface area contributed by atoms with Gasteiger partial charge in [-0.25, -0.2) is 4.79 Å². The number of likely N-dealkylation sites (tertiary alicyclic amines) is 1. The third-order valence-corrected chi connectivity index (χ3v) is 5.52. The van der Waals surface area contributed by atoms with E-state index in [9.17, 15) is 14.7 Å². The number of carboxylic acids is 1. The second-order valence-corrected chi connectivity index (χ2v) is 7.64. The minimum atomic E-state index is -1.05. The Morgan fingerprint density at radius 2 is 1.81 bits per heavy atom. The number of para-hydroxylation sites is 1. The SMILES string of the molecule is O=C(O)c1cc(-c2ccc(Oc3ccccc3)cc2)nn1C1CCCN(C(=O)CCl)C1. The first-order chi connectivity index (χ1) is 15.0. The number of amides is 1. The first-order valence-corrected chi connectivity index (χ1v) is 10.6. The van der Waals surface area contributed by atoms with Crippen LogP contribution in [0.15, 0.2) is 60.7 Å². The number of alkyl halides is 1. The number of halogens is 1. The van der Waals surface area contributed by atoms with Crippen LogP contribution in [-0.2, 0) is 4.79 Å². The lowest BCUT2D eigenvalue weighted by molar-refractivity contribution is -0.130. The van der Waals surface area contributed by atoms with Gasteiger partial charge in [0, 0.05) is 18.7 Å². The molecule has 160 valence electrons. The Hall–Kier alpha value is -3.32. The summed E-state index contributed by atoms with van der Waals surface area (Å²) < 4.78 is 7.34. The van der Waals surface area contributed by atoms with E-state index in [4.69, 9.17) is 16.3 Å². The first-order valence-electron chi connectivity index (χ1n) is 10.0. The van der Waals surface area contributed by atoms with E-state index < -0.39 is 5.97 Å². The Kier molecular flexibility index (Phi) is 6.23. The van der Waals surface area contributed by atoms with E-state index in [-0.39, 0.29) is 23.5 Å². The number of hydrogen-bond acceptors (Lipinski definition) is 4. The molecule has 1 aliphatic heterocycles. The number of hydrogen-bond donors (Lipinski definition) is 1. The van der Waals surface area contributed by atoms with Gasteiger partial charge in [-0.2, -0.15) is 5.10 Å². The lowest BCUT2D eigenvalue weighted by atomic mass is 10.1. The number of ether oxygens (including phenoxy) is 1. The van der Waals surface area contributed by atoms with Crippen molar-refractivity contribution in [2.75, 3.05) is 19.0 Å². The van der Waals surface area contributed by atoms with Gasteiger partial charge in [-0.3, -0.25) is 9.48 Å². The molecule has 0 spiro atoms. The zero-order valence-corrected chi connectivity index (χ0v) is 17.5. The van der Waals surface area contributed by atoms with Crippen LogP contribution in [0.25, 0.3) is 11.3 Å². The van der Waals surface area contributed by atoms with Crippen LogP contribution in [0, 0.1) is 0 Å². The van der Waals surface area contributed by atoms with Crippen molar-refractivity contribution in [2.24, 2.45) is 0 Å². The fourth-order valence-corrected chi connectivity index (χ4v) is 3.93. The van der Waals surface area contributed by atoms with Gasteiger partial charge in [0.25, 0.3) is 0 Å². The number of carboxylic acid groups (broad SMARTS) is 1. The topological polar surface area (TPSA) is 84.7 Å². The van der Waals surface area contributed by atoms with Crippen molar-refractivity contribution in [3.05, 3.63) is 66.4 Å². The maximum atomic E-state index is 12.0. The maximum Gasteiger partial charge on any atom is 0.354 e. The van der Waals surface area contributed by atoms with Crippen molar-refractivity contribution in [3.63, 3.8) is 0 Å². The van der Waals surface area contributed by atoms with Crippen LogP contribution in [0.3, 0.4) is 0 Å². The average Bonchev–Trinajstić information content (AvgIpc) is 3.26. The van der Waals surface area contributed by atoms with E-state index >= 15 is 0 Å². The molecule has 7 nitrogen and oxygen atoms in total. The number of piperidine rings is 1. The normalized spacial score (nSPS) is 16.2. The van der Waals surface area contributed by atoms with Gasteiger partial charge in [-0.15, -0.1) is 11.6 Å². The van der Waals surface area contributed by atoms with Gasteiger partial charge in [-0.1, -0.05) is 18.2 Å². The highest BCUT2D eigenvalue weighted by atomic mass is 35.5. The zero-order chi connectivity index (χ0) is 21.8. The molecular formula is C23H22ClN3O4. The summed E-state index contributed by atoms with van der Waals surface area (Å²) in [4.78, 5) is 25.5. The molecule has 8 heteroatoms. The predicted molar refractivity (Wildman–Crippen MR) is 117 cm³/mol. The molecule has 31 heavy (non-hydrogen) atoms. The summed E-state index contributed by atoms with van der Waals surface area (Å²) in [5.74, 6) is 0.130. The number of carbonyl (C=O) groups is 2. The number of rotatable bonds is 6. The van der Waals surface area contributed by atoms with Gasteiger partial charge >= 0.3 is 5.97 Å². The van der Waals surface area contributed by atoms with Crippen LogP contribution in [0.2, 0.25) is 0 Å². The van der Waals surface area contributed by atoms with E-state index in [0.29, 0.717) is 24.5 Å². The number of nitrogens with zero attached hydrogens (tertiary/aromatic N) is 3. The molecule has 4 rings (SSSR count). The van der Waals surface area contributed by atoms with Crippen LogP contribution in [0.5, 0.6) is 11.5 Å². The van der Waals surface area contributed by atoms with Gasteiger partial charge in [-0.05, 0) is 55.3 Å². The summed E-state index contributed by atoms with van der Waals surface area (Å²) in [6.07, 6.45) is 1.52. The van der Waals surface area contributed by atoms with E-state index in [1.807, 2.05) is 54.6 Å². The molecule has 1 amide bonds. The molecule has 1 aliphatic rings. The minimum absolute atomic E-state index is 0.0831. The van der Waals surface area contributed by atoms with Gasteiger partial charge in [0.1, 0.15) is 23.1 Å². The molecule has 1 saturated heterocycles. The number of aromatic nitrogens is 2. The minimum Gasteiger partial charge on any atom is -0.477 e. The number of aromatic carboxylic acids is 1. The predicted octanol–water partition coefficient (Wildman–Crippen LogP) is 4.44. The summed E-state index contributed by atoms with van der Waals surface area (Å²) in [6.45, 7) is 1.03. The van der Waals surface area contributed by atoms with Crippen molar-refractivity contribution in [1.29, 1.82) is 0 Å². The molecule has 1 aromatic heterocycles. The Morgan fingerprint density at radius 3 is 2.48 bits per heavy atom. The lowest BCUT2D eigenvalue weighted by Gasteiger charge is -2.33. The Bertz CT molecular complexity index is 1070. The average molecular weight is 440 g/mol.